The highest BCUT2D eigenvalue weighted by molar-refractivity contribution is 6.30. The lowest BCUT2D eigenvalue weighted by molar-refractivity contribution is 0.0737. The minimum atomic E-state index is -0.386. The van der Waals surface area contributed by atoms with Crippen LogP contribution in [0.1, 0.15) is 21.5 Å². The number of carbonyl (C=O) groups is 1. The maximum absolute atomic E-state index is 12.3. The van der Waals surface area contributed by atoms with Crippen LogP contribution in [0.2, 0.25) is 5.02 Å². The van der Waals surface area contributed by atoms with Crippen molar-refractivity contribution in [2.45, 2.75) is 0 Å². The van der Waals surface area contributed by atoms with E-state index >= 15 is 0 Å². The second-order valence-electron chi connectivity index (χ2n) is 5.15. The van der Waals surface area contributed by atoms with Crippen LogP contribution in [0, 0.1) is 0 Å². The first-order valence-corrected chi connectivity index (χ1v) is 7.32. The Hall–Kier alpha value is -2.58. The summed E-state index contributed by atoms with van der Waals surface area (Å²) in [4.78, 5) is 12.3. The van der Waals surface area contributed by atoms with E-state index in [1.54, 1.807) is 24.3 Å². The second kappa shape index (κ2) is 5.00. The van der Waals surface area contributed by atoms with Gasteiger partial charge in [0.2, 0.25) is 0 Å². The maximum Gasteiger partial charge on any atom is 0.343 e. The summed E-state index contributed by atoms with van der Waals surface area (Å²) >= 11 is 5.84. The van der Waals surface area contributed by atoms with Crippen LogP contribution >= 0.6 is 11.6 Å². The lowest BCUT2D eigenvalue weighted by Gasteiger charge is -2.09. The number of carbonyl (C=O) groups excluding carboxylic acids is 1. The van der Waals surface area contributed by atoms with E-state index in [0.29, 0.717) is 16.3 Å². The molecule has 0 amide bonds. The number of halogens is 1. The molecule has 3 aromatic rings. The van der Waals surface area contributed by atoms with Crippen LogP contribution in [0.25, 0.3) is 22.9 Å². The summed E-state index contributed by atoms with van der Waals surface area (Å²) in [6.07, 6.45) is 4.14. The second-order valence-corrected chi connectivity index (χ2v) is 5.59. The van der Waals surface area contributed by atoms with Gasteiger partial charge in [-0.05, 0) is 46.8 Å². The SMILES string of the molecule is O=C(Oc1ccc2c3c(cccc13)C=C2)c1ccc(Cl)cc1. The van der Waals surface area contributed by atoms with Gasteiger partial charge in [-0.2, -0.15) is 0 Å². The molecule has 2 nitrogen and oxygen atoms in total. The summed E-state index contributed by atoms with van der Waals surface area (Å²) in [6, 6.07) is 16.5. The molecule has 0 unspecified atom stereocenters. The fourth-order valence-corrected chi connectivity index (χ4v) is 2.85. The molecule has 0 atom stereocenters. The molecule has 4 rings (SSSR count). The fourth-order valence-electron chi connectivity index (χ4n) is 2.73. The van der Waals surface area contributed by atoms with Crippen LogP contribution in [0.3, 0.4) is 0 Å². The van der Waals surface area contributed by atoms with E-state index in [2.05, 4.69) is 18.2 Å². The first-order chi connectivity index (χ1) is 10.7. The third-order valence-electron chi connectivity index (χ3n) is 3.79. The molecule has 0 heterocycles. The molecule has 0 spiro atoms. The number of hydrogen-bond donors (Lipinski definition) is 0. The quantitative estimate of drug-likeness (QED) is 0.376. The molecule has 0 bridgehead atoms. The van der Waals surface area contributed by atoms with Gasteiger partial charge in [0, 0.05) is 10.4 Å². The van der Waals surface area contributed by atoms with Crippen molar-refractivity contribution in [3.8, 4) is 5.75 Å². The van der Waals surface area contributed by atoms with Gasteiger partial charge in [0.1, 0.15) is 5.75 Å². The van der Waals surface area contributed by atoms with E-state index in [4.69, 9.17) is 16.3 Å². The Labute approximate surface area is 132 Å². The fraction of sp³-hybridized carbons (Fsp3) is 0. The third kappa shape index (κ3) is 2.09. The minimum Gasteiger partial charge on any atom is -0.422 e. The predicted octanol–water partition coefficient (Wildman–Crippen LogP) is 5.20. The summed E-state index contributed by atoms with van der Waals surface area (Å²) < 4.78 is 5.58. The summed E-state index contributed by atoms with van der Waals surface area (Å²) in [5.41, 5.74) is 2.78. The zero-order valence-corrected chi connectivity index (χ0v) is 12.3. The molecule has 0 saturated heterocycles. The third-order valence-corrected chi connectivity index (χ3v) is 4.04. The lowest BCUT2D eigenvalue weighted by atomic mass is 10.0. The molecular formula is C19H11ClO2. The highest BCUT2D eigenvalue weighted by atomic mass is 35.5. The summed E-state index contributed by atoms with van der Waals surface area (Å²) in [5.74, 6) is 0.188. The monoisotopic (exact) mass is 306 g/mol. The molecule has 1 aliphatic carbocycles. The molecule has 0 saturated carbocycles. The van der Waals surface area contributed by atoms with Crippen molar-refractivity contribution in [1.29, 1.82) is 0 Å². The van der Waals surface area contributed by atoms with Gasteiger partial charge in [0.25, 0.3) is 0 Å². The largest absolute Gasteiger partial charge is 0.422 e. The summed E-state index contributed by atoms with van der Waals surface area (Å²) in [7, 11) is 0. The van der Waals surface area contributed by atoms with Gasteiger partial charge in [-0.15, -0.1) is 0 Å². The molecule has 0 radical (unpaired) electrons. The first-order valence-electron chi connectivity index (χ1n) is 6.94. The highest BCUT2D eigenvalue weighted by Gasteiger charge is 2.15. The molecule has 0 N–H and O–H groups in total. The molecule has 1 aliphatic rings. The summed E-state index contributed by atoms with van der Waals surface area (Å²) in [6.45, 7) is 0. The Morgan fingerprint density at radius 1 is 0.864 bits per heavy atom. The standard InChI is InChI=1S/C19H11ClO2/c20-15-9-6-14(7-10-15)19(21)22-17-11-8-13-5-4-12-2-1-3-16(17)18(12)13/h1-11H. The average molecular weight is 307 g/mol. The van der Waals surface area contributed by atoms with Crippen molar-refractivity contribution >= 4 is 40.5 Å². The molecule has 106 valence electrons. The van der Waals surface area contributed by atoms with Crippen LogP contribution in [-0.4, -0.2) is 5.97 Å². The van der Waals surface area contributed by atoms with Gasteiger partial charge < -0.3 is 4.74 Å². The van der Waals surface area contributed by atoms with Crippen molar-refractivity contribution in [3.05, 3.63) is 76.3 Å². The van der Waals surface area contributed by atoms with E-state index in [0.717, 1.165) is 21.9 Å². The molecule has 22 heavy (non-hydrogen) atoms. The van der Waals surface area contributed by atoms with Gasteiger partial charge in [-0.1, -0.05) is 48.0 Å². The van der Waals surface area contributed by atoms with Crippen LogP contribution in [0.4, 0.5) is 0 Å². The van der Waals surface area contributed by atoms with Crippen LogP contribution < -0.4 is 4.74 Å². The first kappa shape index (κ1) is 13.1. The van der Waals surface area contributed by atoms with Gasteiger partial charge in [0.15, 0.2) is 0 Å². The van der Waals surface area contributed by atoms with Crippen LogP contribution in [0.5, 0.6) is 5.75 Å². The number of benzene rings is 3. The van der Waals surface area contributed by atoms with Crippen molar-refractivity contribution in [2.24, 2.45) is 0 Å². The van der Waals surface area contributed by atoms with E-state index in [1.165, 1.54) is 0 Å². The van der Waals surface area contributed by atoms with E-state index in [9.17, 15) is 4.79 Å². The Kier molecular flexibility index (Phi) is 2.98. The lowest BCUT2D eigenvalue weighted by Crippen LogP contribution is -2.08. The van der Waals surface area contributed by atoms with Crippen molar-refractivity contribution in [2.75, 3.05) is 0 Å². The number of hydrogen-bond acceptors (Lipinski definition) is 2. The molecule has 3 heteroatoms. The topological polar surface area (TPSA) is 26.3 Å². The molecular weight excluding hydrogens is 296 g/mol. The van der Waals surface area contributed by atoms with Gasteiger partial charge in [0.05, 0.1) is 5.56 Å². The number of ether oxygens (including phenoxy) is 1. The predicted molar refractivity (Wildman–Crippen MR) is 89.3 cm³/mol. The Balaban J connectivity index is 1.74. The molecule has 0 aromatic heterocycles. The Bertz CT molecular complexity index is 912. The van der Waals surface area contributed by atoms with E-state index in [1.807, 2.05) is 24.3 Å². The summed E-state index contributed by atoms with van der Waals surface area (Å²) in [5, 5.41) is 2.67. The number of rotatable bonds is 2. The van der Waals surface area contributed by atoms with Gasteiger partial charge >= 0.3 is 5.97 Å². The molecule has 0 aliphatic heterocycles. The maximum atomic E-state index is 12.3. The highest BCUT2D eigenvalue weighted by Crippen LogP contribution is 2.36. The molecule has 3 aromatic carbocycles. The molecule has 0 fully saturated rings. The van der Waals surface area contributed by atoms with E-state index < -0.39 is 0 Å². The van der Waals surface area contributed by atoms with Crippen molar-refractivity contribution < 1.29 is 9.53 Å². The van der Waals surface area contributed by atoms with E-state index in [-0.39, 0.29) is 5.97 Å². The smallest absolute Gasteiger partial charge is 0.343 e. The zero-order valence-electron chi connectivity index (χ0n) is 11.5. The van der Waals surface area contributed by atoms with Gasteiger partial charge in [-0.3, -0.25) is 0 Å². The van der Waals surface area contributed by atoms with Crippen LogP contribution in [0.15, 0.2) is 54.6 Å². The van der Waals surface area contributed by atoms with Gasteiger partial charge in [-0.25, -0.2) is 4.79 Å². The van der Waals surface area contributed by atoms with Crippen LogP contribution in [-0.2, 0) is 0 Å². The minimum absolute atomic E-state index is 0.386. The Morgan fingerprint density at radius 3 is 2.36 bits per heavy atom. The normalized spacial score (nSPS) is 11.9. The zero-order chi connectivity index (χ0) is 15.1. The van der Waals surface area contributed by atoms with Crippen molar-refractivity contribution in [3.63, 3.8) is 0 Å². The number of esters is 1. The van der Waals surface area contributed by atoms with Crippen molar-refractivity contribution in [1.82, 2.24) is 0 Å². The average Bonchev–Trinajstić information content (AvgIpc) is 2.95. The Morgan fingerprint density at radius 2 is 1.59 bits per heavy atom.